The lowest BCUT2D eigenvalue weighted by Gasteiger charge is -2.30. The van der Waals surface area contributed by atoms with Crippen LogP contribution >= 0.6 is 0 Å². The van der Waals surface area contributed by atoms with Gasteiger partial charge < -0.3 is 4.90 Å². The molecule has 1 atom stereocenters. The summed E-state index contributed by atoms with van der Waals surface area (Å²) in [7, 11) is -1.83. The van der Waals surface area contributed by atoms with Crippen molar-refractivity contribution in [3.05, 3.63) is 29.8 Å². The predicted molar refractivity (Wildman–Crippen MR) is 72.2 cm³/mol. The molecule has 1 N–H and O–H groups in total. The molecule has 0 radical (unpaired) electrons. The molecule has 19 heavy (non-hydrogen) atoms. The second kappa shape index (κ2) is 5.30. The van der Waals surface area contributed by atoms with Crippen molar-refractivity contribution in [2.24, 2.45) is 0 Å². The summed E-state index contributed by atoms with van der Waals surface area (Å²) in [6, 6.07) is 6.66. The molecule has 1 unspecified atom stereocenters. The molecule has 0 bridgehead atoms. The zero-order valence-electron chi connectivity index (χ0n) is 11.1. The van der Waals surface area contributed by atoms with E-state index < -0.39 is 10.0 Å². The van der Waals surface area contributed by atoms with Gasteiger partial charge in [-0.2, -0.15) is 0 Å². The van der Waals surface area contributed by atoms with E-state index in [4.69, 9.17) is 0 Å². The Hall–Kier alpha value is -1.40. The first-order chi connectivity index (χ1) is 8.90. The number of likely N-dealkylation sites (N-methyl/N-ethyl adjacent to an activating group) is 1. The second-order valence-corrected chi connectivity index (χ2v) is 6.58. The third-order valence-electron chi connectivity index (χ3n) is 3.33. The van der Waals surface area contributed by atoms with E-state index in [1.807, 2.05) is 0 Å². The smallest absolute Gasteiger partial charge is 0.241 e. The van der Waals surface area contributed by atoms with Crippen LogP contribution < -0.4 is 4.72 Å². The highest BCUT2D eigenvalue weighted by molar-refractivity contribution is 7.89. The molecule has 0 spiro atoms. The lowest BCUT2D eigenvalue weighted by atomic mass is 10.1. The van der Waals surface area contributed by atoms with E-state index in [9.17, 15) is 13.2 Å². The molecule has 0 aromatic heterocycles. The monoisotopic (exact) mass is 282 g/mol. The predicted octanol–water partition coefficient (Wildman–Crippen LogP) is 0.894. The maximum atomic E-state index is 12.3. The summed E-state index contributed by atoms with van der Waals surface area (Å²) < 4.78 is 27.3. The minimum atomic E-state index is -3.52. The Kier molecular flexibility index (Phi) is 3.91. The fourth-order valence-corrected chi connectivity index (χ4v) is 3.76. The van der Waals surface area contributed by atoms with Crippen LogP contribution in [0.2, 0.25) is 0 Å². The first-order valence-electron chi connectivity index (χ1n) is 6.22. The zero-order valence-corrected chi connectivity index (χ0v) is 11.9. The minimum Gasteiger partial charge on any atom is -0.344 e. The van der Waals surface area contributed by atoms with Crippen molar-refractivity contribution in [3.63, 3.8) is 0 Å². The first kappa shape index (κ1) is 14.0. The van der Waals surface area contributed by atoms with Gasteiger partial charge in [-0.05, 0) is 25.0 Å². The van der Waals surface area contributed by atoms with Crippen LogP contribution in [0.3, 0.4) is 0 Å². The molecule has 1 amide bonds. The van der Waals surface area contributed by atoms with Crippen molar-refractivity contribution >= 4 is 15.9 Å². The van der Waals surface area contributed by atoms with Gasteiger partial charge in [-0.25, -0.2) is 13.1 Å². The Labute approximate surface area is 113 Å². The Morgan fingerprint density at radius 1 is 1.32 bits per heavy atom. The molecule has 1 aliphatic rings. The number of piperidine rings is 1. The molecule has 2 rings (SSSR count). The van der Waals surface area contributed by atoms with Gasteiger partial charge in [0.05, 0.1) is 4.90 Å². The molecule has 1 saturated heterocycles. The van der Waals surface area contributed by atoms with Crippen LogP contribution in [0.15, 0.2) is 29.2 Å². The highest BCUT2D eigenvalue weighted by Gasteiger charge is 2.27. The highest BCUT2D eigenvalue weighted by atomic mass is 32.2. The first-order valence-corrected chi connectivity index (χ1v) is 7.70. The van der Waals surface area contributed by atoms with Crippen molar-refractivity contribution in [1.29, 1.82) is 0 Å². The molecule has 1 fully saturated rings. The summed E-state index contributed by atoms with van der Waals surface area (Å²) >= 11 is 0. The third kappa shape index (κ3) is 3.13. The lowest BCUT2D eigenvalue weighted by Crippen LogP contribution is -2.48. The van der Waals surface area contributed by atoms with Crippen molar-refractivity contribution in [2.45, 2.75) is 30.7 Å². The number of sulfonamides is 1. The number of hydrogen-bond acceptors (Lipinski definition) is 3. The molecule has 1 aliphatic heterocycles. The molecule has 1 aromatic rings. The maximum absolute atomic E-state index is 12.3. The van der Waals surface area contributed by atoms with Crippen molar-refractivity contribution in [2.75, 3.05) is 13.6 Å². The molecule has 1 aromatic carbocycles. The van der Waals surface area contributed by atoms with Crippen molar-refractivity contribution in [3.8, 4) is 0 Å². The summed E-state index contributed by atoms with van der Waals surface area (Å²) in [5.74, 6) is 0.0614. The van der Waals surface area contributed by atoms with Crippen LogP contribution in [-0.4, -0.2) is 38.9 Å². The number of nitrogens with one attached hydrogen (secondary N) is 1. The van der Waals surface area contributed by atoms with Gasteiger partial charge >= 0.3 is 0 Å². The summed E-state index contributed by atoms with van der Waals surface area (Å²) in [6.45, 7) is 2.19. The van der Waals surface area contributed by atoms with Gasteiger partial charge in [0.25, 0.3) is 0 Å². The molecular formula is C13H18N2O3S. The zero-order chi connectivity index (χ0) is 14.0. The van der Waals surface area contributed by atoms with Gasteiger partial charge in [-0.1, -0.05) is 18.2 Å². The van der Waals surface area contributed by atoms with Gasteiger partial charge in [-0.3, -0.25) is 4.79 Å². The fourth-order valence-electron chi connectivity index (χ4n) is 2.25. The summed E-state index contributed by atoms with van der Waals surface area (Å²) in [5, 5.41) is 0. The van der Waals surface area contributed by atoms with E-state index in [1.54, 1.807) is 43.1 Å². The van der Waals surface area contributed by atoms with Gasteiger partial charge in [0.2, 0.25) is 15.9 Å². The molecular weight excluding hydrogens is 264 g/mol. The average Bonchev–Trinajstić information content (AvgIpc) is 2.34. The van der Waals surface area contributed by atoms with E-state index in [1.165, 1.54) is 0 Å². The van der Waals surface area contributed by atoms with Gasteiger partial charge in [0, 0.05) is 26.1 Å². The van der Waals surface area contributed by atoms with E-state index in [0.29, 0.717) is 24.3 Å². The SMILES string of the molecule is Cc1ccccc1S(=O)(=O)NC1CCC(=O)N(C)C1. The number of rotatable bonds is 3. The number of carbonyl (C=O) groups excluding carboxylic acids is 1. The van der Waals surface area contributed by atoms with E-state index in [0.717, 1.165) is 5.56 Å². The standard InChI is InChI=1S/C13H18N2O3S/c1-10-5-3-4-6-12(10)19(17,18)14-11-7-8-13(16)15(2)9-11/h3-6,11,14H,7-9H2,1-2H3. The second-order valence-electron chi connectivity index (χ2n) is 4.90. The van der Waals surface area contributed by atoms with Crippen LogP contribution in [0.25, 0.3) is 0 Å². The summed E-state index contributed by atoms with van der Waals surface area (Å²) in [4.78, 5) is 13.2. The molecule has 0 aliphatic carbocycles. The third-order valence-corrected chi connectivity index (χ3v) is 5.01. The van der Waals surface area contributed by atoms with Crippen molar-refractivity contribution in [1.82, 2.24) is 9.62 Å². The van der Waals surface area contributed by atoms with E-state index in [2.05, 4.69) is 4.72 Å². The normalized spacial score (nSPS) is 20.6. The van der Waals surface area contributed by atoms with Gasteiger partial charge in [0.1, 0.15) is 0 Å². The average molecular weight is 282 g/mol. The number of carbonyl (C=O) groups is 1. The number of likely N-dealkylation sites (tertiary alicyclic amines) is 1. The van der Waals surface area contributed by atoms with Gasteiger partial charge in [0.15, 0.2) is 0 Å². The Morgan fingerprint density at radius 2 is 2.00 bits per heavy atom. The highest BCUT2D eigenvalue weighted by Crippen LogP contribution is 2.17. The number of amides is 1. The van der Waals surface area contributed by atoms with E-state index >= 15 is 0 Å². The molecule has 0 saturated carbocycles. The molecule has 104 valence electrons. The van der Waals surface area contributed by atoms with Crippen molar-refractivity contribution < 1.29 is 13.2 Å². The summed E-state index contributed by atoms with van der Waals surface area (Å²) in [6.07, 6.45) is 0.936. The molecule has 6 heteroatoms. The Bertz CT molecular complexity index is 583. The summed E-state index contributed by atoms with van der Waals surface area (Å²) in [5.41, 5.74) is 0.718. The minimum absolute atomic E-state index is 0.0614. The van der Waals surface area contributed by atoms with E-state index in [-0.39, 0.29) is 11.9 Å². The number of hydrogen-bond donors (Lipinski definition) is 1. The quantitative estimate of drug-likeness (QED) is 0.895. The lowest BCUT2D eigenvalue weighted by molar-refractivity contribution is -0.132. The van der Waals surface area contributed by atoms with Gasteiger partial charge in [-0.15, -0.1) is 0 Å². The maximum Gasteiger partial charge on any atom is 0.241 e. The number of benzene rings is 1. The number of aryl methyl sites for hydroxylation is 1. The largest absolute Gasteiger partial charge is 0.344 e. The Balaban J connectivity index is 2.15. The fraction of sp³-hybridized carbons (Fsp3) is 0.462. The molecule has 5 nitrogen and oxygen atoms in total. The molecule has 1 heterocycles. The topological polar surface area (TPSA) is 66.5 Å². The van der Waals surface area contributed by atoms with Crippen LogP contribution in [0.4, 0.5) is 0 Å². The van der Waals surface area contributed by atoms with Crippen LogP contribution in [0.5, 0.6) is 0 Å². The Morgan fingerprint density at radius 3 is 2.63 bits per heavy atom. The van der Waals surface area contributed by atoms with Crippen LogP contribution in [0, 0.1) is 6.92 Å². The van der Waals surface area contributed by atoms with Crippen LogP contribution in [-0.2, 0) is 14.8 Å². The van der Waals surface area contributed by atoms with Crippen LogP contribution in [0.1, 0.15) is 18.4 Å². The number of nitrogens with zero attached hydrogens (tertiary/aromatic N) is 1.